The van der Waals surface area contributed by atoms with Crippen molar-refractivity contribution < 1.29 is 4.79 Å². The summed E-state index contributed by atoms with van der Waals surface area (Å²) in [5.74, 6) is 0.716. The van der Waals surface area contributed by atoms with Crippen LogP contribution in [0.4, 0.5) is 0 Å². The Labute approximate surface area is 120 Å². The quantitative estimate of drug-likeness (QED) is 0.912. The number of hydrogen-bond donors (Lipinski definition) is 1. The largest absolute Gasteiger partial charge is 0.334 e. The van der Waals surface area contributed by atoms with Crippen LogP contribution in [-0.2, 0) is 0 Å². The molecule has 1 atom stereocenters. The second-order valence-corrected chi connectivity index (χ2v) is 6.07. The zero-order chi connectivity index (χ0) is 13.9. The van der Waals surface area contributed by atoms with Crippen LogP contribution in [-0.4, -0.2) is 41.5 Å². The number of rotatable bonds is 4. The molecule has 4 nitrogen and oxygen atoms in total. The number of pyridine rings is 1. The van der Waals surface area contributed by atoms with Crippen molar-refractivity contribution in [1.29, 1.82) is 0 Å². The molecule has 1 aliphatic heterocycles. The first kappa shape index (κ1) is 13.6. The van der Waals surface area contributed by atoms with Gasteiger partial charge in [0.2, 0.25) is 0 Å². The van der Waals surface area contributed by atoms with E-state index in [0.717, 1.165) is 38.0 Å². The van der Waals surface area contributed by atoms with E-state index in [1.54, 1.807) is 6.20 Å². The van der Waals surface area contributed by atoms with Gasteiger partial charge in [-0.3, -0.25) is 9.78 Å². The number of aromatic nitrogens is 1. The van der Waals surface area contributed by atoms with Gasteiger partial charge in [0.1, 0.15) is 5.69 Å². The molecule has 1 aliphatic carbocycles. The van der Waals surface area contributed by atoms with Crippen molar-refractivity contribution in [3.05, 3.63) is 29.6 Å². The van der Waals surface area contributed by atoms with Gasteiger partial charge < -0.3 is 10.2 Å². The Bertz CT molecular complexity index is 478. The van der Waals surface area contributed by atoms with Gasteiger partial charge in [-0.25, -0.2) is 0 Å². The summed E-state index contributed by atoms with van der Waals surface area (Å²) < 4.78 is 0. The molecule has 0 spiro atoms. The number of nitrogens with zero attached hydrogens (tertiary/aromatic N) is 2. The van der Waals surface area contributed by atoms with Gasteiger partial charge in [-0.05, 0) is 63.2 Å². The second kappa shape index (κ2) is 5.92. The molecule has 1 unspecified atom stereocenters. The van der Waals surface area contributed by atoms with Gasteiger partial charge in [0, 0.05) is 18.8 Å². The van der Waals surface area contributed by atoms with Crippen molar-refractivity contribution in [1.82, 2.24) is 15.2 Å². The van der Waals surface area contributed by atoms with E-state index in [1.807, 2.05) is 19.1 Å². The summed E-state index contributed by atoms with van der Waals surface area (Å²) >= 11 is 0. The monoisotopic (exact) mass is 273 g/mol. The van der Waals surface area contributed by atoms with Crippen LogP contribution in [0, 0.1) is 12.8 Å². The minimum absolute atomic E-state index is 0.121. The molecule has 2 heterocycles. The van der Waals surface area contributed by atoms with Crippen LogP contribution < -0.4 is 5.32 Å². The van der Waals surface area contributed by atoms with Crippen molar-refractivity contribution >= 4 is 5.91 Å². The maximum absolute atomic E-state index is 12.8. The summed E-state index contributed by atoms with van der Waals surface area (Å²) in [5.41, 5.74) is 1.60. The lowest BCUT2D eigenvalue weighted by Gasteiger charge is -2.30. The van der Waals surface area contributed by atoms with Gasteiger partial charge >= 0.3 is 0 Å². The highest BCUT2D eigenvalue weighted by molar-refractivity contribution is 5.94. The van der Waals surface area contributed by atoms with Crippen LogP contribution in [0.5, 0.6) is 0 Å². The molecule has 1 aromatic heterocycles. The van der Waals surface area contributed by atoms with E-state index in [9.17, 15) is 4.79 Å². The average molecular weight is 273 g/mol. The third-order valence-corrected chi connectivity index (χ3v) is 4.31. The van der Waals surface area contributed by atoms with Crippen molar-refractivity contribution in [3.8, 4) is 0 Å². The SMILES string of the molecule is Cc1cccnc1C(=O)N(CC1CCCNC1)C1CC1. The summed E-state index contributed by atoms with van der Waals surface area (Å²) in [6, 6.07) is 4.30. The van der Waals surface area contributed by atoms with E-state index in [1.165, 1.54) is 12.8 Å². The number of hydrogen-bond acceptors (Lipinski definition) is 3. The third-order valence-electron chi connectivity index (χ3n) is 4.31. The van der Waals surface area contributed by atoms with E-state index < -0.39 is 0 Å². The topological polar surface area (TPSA) is 45.2 Å². The van der Waals surface area contributed by atoms with Crippen molar-refractivity contribution in [2.75, 3.05) is 19.6 Å². The van der Waals surface area contributed by atoms with Crippen LogP contribution in [0.1, 0.15) is 41.7 Å². The van der Waals surface area contributed by atoms with Gasteiger partial charge in [-0.1, -0.05) is 6.07 Å². The summed E-state index contributed by atoms with van der Waals surface area (Å²) in [6.45, 7) is 5.00. The first-order chi connectivity index (χ1) is 9.75. The number of carbonyl (C=O) groups excluding carboxylic acids is 1. The van der Waals surface area contributed by atoms with Crippen molar-refractivity contribution in [2.45, 2.75) is 38.6 Å². The van der Waals surface area contributed by atoms with E-state index in [0.29, 0.717) is 17.7 Å². The van der Waals surface area contributed by atoms with E-state index in [-0.39, 0.29) is 5.91 Å². The van der Waals surface area contributed by atoms with Gasteiger partial charge in [0.15, 0.2) is 0 Å². The van der Waals surface area contributed by atoms with E-state index in [2.05, 4.69) is 15.2 Å². The Morgan fingerprint density at radius 2 is 2.30 bits per heavy atom. The smallest absolute Gasteiger partial charge is 0.272 e. The van der Waals surface area contributed by atoms with E-state index in [4.69, 9.17) is 0 Å². The molecule has 0 bridgehead atoms. The number of aryl methyl sites for hydroxylation is 1. The molecule has 1 amide bonds. The van der Waals surface area contributed by atoms with Crippen LogP contribution >= 0.6 is 0 Å². The van der Waals surface area contributed by atoms with Gasteiger partial charge in [0.25, 0.3) is 5.91 Å². The van der Waals surface area contributed by atoms with E-state index >= 15 is 0 Å². The lowest BCUT2D eigenvalue weighted by atomic mass is 9.98. The number of amides is 1. The standard InChI is InChI=1S/C16H23N3O/c1-12-4-2-9-18-15(12)16(20)19(14-6-7-14)11-13-5-3-8-17-10-13/h2,4,9,13-14,17H,3,5-8,10-11H2,1H3. The molecule has 3 rings (SSSR count). The molecular weight excluding hydrogens is 250 g/mol. The molecule has 0 radical (unpaired) electrons. The highest BCUT2D eigenvalue weighted by atomic mass is 16.2. The van der Waals surface area contributed by atoms with Crippen LogP contribution in [0.3, 0.4) is 0 Å². The van der Waals surface area contributed by atoms with Crippen molar-refractivity contribution in [2.24, 2.45) is 5.92 Å². The zero-order valence-electron chi connectivity index (χ0n) is 12.1. The molecule has 1 aromatic rings. The summed E-state index contributed by atoms with van der Waals surface area (Å²) in [5, 5.41) is 3.44. The summed E-state index contributed by atoms with van der Waals surface area (Å²) in [4.78, 5) is 19.1. The van der Waals surface area contributed by atoms with Crippen LogP contribution in [0.2, 0.25) is 0 Å². The predicted octanol–water partition coefficient (Wildman–Crippen LogP) is 1.99. The maximum atomic E-state index is 12.8. The molecule has 2 aliphatic rings. The maximum Gasteiger partial charge on any atom is 0.272 e. The first-order valence-corrected chi connectivity index (χ1v) is 7.69. The highest BCUT2D eigenvalue weighted by Gasteiger charge is 2.35. The normalized spacial score (nSPS) is 22.6. The Balaban J connectivity index is 1.73. The van der Waals surface area contributed by atoms with Gasteiger partial charge in [-0.15, -0.1) is 0 Å². The molecule has 0 aromatic carbocycles. The molecule has 2 fully saturated rings. The predicted molar refractivity (Wildman–Crippen MR) is 78.6 cm³/mol. The molecule has 1 saturated heterocycles. The average Bonchev–Trinajstić information content (AvgIpc) is 3.30. The summed E-state index contributed by atoms with van der Waals surface area (Å²) in [7, 11) is 0. The first-order valence-electron chi connectivity index (χ1n) is 7.69. The fourth-order valence-corrected chi connectivity index (χ4v) is 2.99. The Morgan fingerprint density at radius 1 is 1.45 bits per heavy atom. The second-order valence-electron chi connectivity index (χ2n) is 6.07. The number of nitrogens with one attached hydrogen (secondary N) is 1. The molecule has 108 valence electrons. The van der Waals surface area contributed by atoms with Crippen LogP contribution in [0.15, 0.2) is 18.3 Å². The Hall–Kier alpha value is -1.42. The molecule has 20 heavy (non-hydrogen) atoms. The highest BCUT2D eigenvalue weighted by Crippen LogP contribution is 2.30. The third kappa shape index (κ3) is 3.01. The fraction of sp³-hybridized carbons (Fsp3) is 0.625. The van der Waals surface area contributed by atoms with Gasteiger partial charge in [0.05, 0.1) is 0 Å². The summed E-state index contributed by atoms with van der Waals surface area (Å²) in [6.07, 6.45) is 6.47. The zero-order valence-corrected chi connectivity index (χ0v) is 12.1. The van der Waals surface area contributed by atoms with Crippen molar-refractivity contribution in [3.63, 3.8) is 0 Å². The minimum atomic E-state index is 0.121. The Kier molecular flexibility index (Phi) is 4.01. The molecule has 1 N–H and O–H groups in total. The number of piperidine rings is 1. The Morgan fingerprint density at radius 3 is 2.95 bits per heavy atom. The molecular formula is C16H23N3O. The number of carbonyl (C=O) groups is 1. The fourth-order valence-electron chi connectivity index (χ4n) is 2.99. The van der Waals surface area contributed by atoms with Gasteiger partial charge in [-0.2, -0.15) is 0 Å². The lowest BCUT2D eigenvalue weighted by molar-refractivity contribution is 0.0697. The molecule has 4 heteroatoms. The lowest BCUT2D eigenvalue weighted by Crippen LogP contribution is -2.42. The molecule has 1 saturated carbocycles. The van der Waals surface area contributed by atoms with Crippen LogP contribution in [0.25, 0.3) is 0 Å². The minimum Gasteiger partial charge on any atom is -0.334 e.